The molecule has 0 spiro atoms. The number of rotatable bonds is 5. The lowest BCUT2D eigenvalue weighted by molar-refractivity contribution is -0.945. The number of fused-ring (bicyclic) bond motifs is 1. The summed E-state index contributed by atoms with van der Waals surface area (Å²) in [5.74, 6) is -1.20. The Bertz CT molecular complexity index is 833. The molecule has 1 heterocycles. The van der Waals surface area contributed by atoms with E-state index in [1.807, 2.05) is 14.1 Å². The molecule has 6 heteroatoms. The van der Waals surface area contributed by atoms with E-state index in [9.17, 15) is 9.59 Å². The maximum atomic E-state index is 12.0. The van der Waals surface area contributed by atoms with Gasteiger partial charge < -0.3 is 20.4 Å². The summed E-state index contributed by atoms with van der Waals surface area (Å²) in [6.45, 7) is 2.32. The van der Waals surface area contributed by atoms with Gasteiger partial charge in [-0.1, -0.05) is 36.4 Å². The molecule has 2 atom stereocenters. The number of carbonyl (C=O) groups excluding carboxylic acids is 2. The smallest absolute Gasteiger partial charge is 0.309 e. The van der Waals surface area contributed by atoms with E-state index < -0.39 is 11.8 Å². The molecule has 0 radical (unpaired) electrons. The standard InChI is InChI=1S/C22H28N4O2/c1-23-21(27)22(28)24-14-20(17-8-10-19(11-9-17)25(2)3)26-13-12-16-6-4-5-7-18(16)15-26/h4-11,20H,12-15H2,1-3H3,(H,23,27)(H,24,28)/p+1/t20-/m0/s1. The molecule has 1 aliphatic rings. The quantitative estimate of drug-likeness (QED) is 0.653. The number of hydrogen-bond donors (Lipinski definition) is 3. The van der Waals surface area contributed by atoms with Gasteiger partial charge in [0, 0.05) is 44.4 Å². The summed E-state index contributed by atoms with van der Waals surface area (Å²) in [7, 11) is 5.50. The number of anilines is 1. The number of nitrogens with zero attached hydrogens (tertiary/aromatic N) is 1. The second-order valence-electron chi connectivity index (χ2n) is 7.43. The number of likely N-dealkylation sites (N-methyl/N-ethyl adjacent to an activating group) is 1. The largest absolute Gasteiger partial charge is 0.378 e. The van der Waals surface area contributed by atoms with E-state index in [2.05, 4.69) is 64.1 Å². The van der Waals surface area contributed by atoms with Gasteiger partial charge in [0.25, 0.3) is 0 Å². The average molecular weight is 382 g/mol. The first-order valence-electron chi connectivity index (χ1n) is 9.68. The summed E-state index contributed by atoms with van der Waals surface area (Å²) in [5.41, 5.74) is 5.06. The molecule has 148 valence electrons. The molecule has 0 aromatic heterocycles. The molecule has 0 fully saturated rings. The van der Waals surface area contributed by atoms with Crippen LogP contribution in [0.2, 0.25) is 0 Å². The van der Waals surface area contributed by atoms with Crippen molar-refractivity contribution in [2.24, 2.45) is 0 Å². The highest BCUT2D eigenvalue weighted by molar-refractivity contribution is 6.35. The van der Waals surface area contributed by atoms with Crippen molar-refractivity contribution >= 4 is 17.5 Å². The van der Waals surface area contributed by atoms with Gasteiger partial charge in [0.2, 0.25) is 0 Å². The average Bonchev–Trinajstić information content (AvgIpc) is 2.73. The van der Waals surface area contributed by atoms with E-state index in [0.717, 1.165) is 30.8 Å². The molecule has 28 heavy (non-hydrogen) atoms. The Morgan fingerprint density at radius 2 is 1.71 bits per heavy atom. The number of benzene rings is 2. The Kier molecular flexibility index (Phi) is 6.31. The van der Waals surface area contributed by atoms with Crippen molar-refractivity contribution in [1.29, 1.82) is 0 Å². The van der Waals surface area contributed by atoms with Gasteiger partial charge in [-0.05, 0) is 17.7 Å². The van der Waals surface area contributed by atoms with E-state index in [4.69, 9.17) is 0 Å². The van der Waals surface area contributed by atoms with Crippen molar-refractivity contribution in [1.82, 2.24) is 10.6 Å². The van der Waals surface area contributed by atoms with Crippen molar-refractivity contribution in [2.75, 3.05) is 39.1 Å². The van der Waals surface area contributed by atoms with Crippen LogP contribution >= 0.6 is 0 Å². The molecular formula is C22H29N4O2+. The van der Waals surface area contributed by atoms with Gasteiger partial charge in [0.05, 0.1) is 13.1 Å². The molecular weight excluding hydrogens is 352 g/mol. The molecule has 0 saturated heterocycles. The third-order valence-electron chi connectivity index (χ3n) is 5.46. The fraction of sp³-hybridized carbons (Fsp3) is 0.364. The third kappa shape index (κ3) is 4.51. The number of nitrogens with one attached hydrogen (secondary N) is 3. The molecule has 2 aromatic rings. The second kappa shape index (κ2) is 8.89. The normalized spacial score (nSPS) is 16.6. The van der Waals surface area contributed by atoms with E-state index >= 15 is 0 Å². The highest BCUT2D eigenvalue weighted by Crippen LogP contribution is 2.18. The first-order chi connectivity index (χ1) is 13.5. The van der Waals surface area contributed by atoms with Crippen LogP contribution in [0.15, 0.2) is 48.5 Å². The summed E-state index contributed by atoms with van der Waals surface area (Å²) in [5, 5.41) is 5.19. The van der Waals surface area contributed by atoms with Gasteiger partial charge in [0.15, 0.2) is 0 Å². The van der Waals surface area contributed by atoms with Crippen LogP contribution in [-0.4, -0.2) is 46.0 Å². The lowest BCUT2D eigenvalue weighted by atomic mass is 9.96. The molecule has 3 N–H and O–H groups in total. The Morgan fingerprint density at radius 1 is 1.04 bits per heavy atom. The Balaban J connectivity index is 1.82. The minimum atomic E-state index is -0.610. The predicted octanol–water partition coefficient (Wildman–Crippen LogP) is 0.297. The van der Waals surface area contributed by atoms with Crippen molar-refractivity contribution in [3.63, 3.8) is 0 Å². The monoisotopic (exact) mass is 381 g/mol. The molecule has 6 nitrogen and oxygen atoms in total. The molecule has 1 unspecified atom stereocenters. The third-order valence-corrected chi connectivity index (χ3v) is 5.46. The minimum absolute atomic E-state index is 0.0816. The highest BCUT2D eigenvalue weighted by Gasteiger charge is 2.29. The van der Waals surface area contributed by atoms with Gasteiger partial charge in [-0.15, -0.1) is 0 Å². The lowest BCUT2D eigenvalue weighted by Gasteiger charge is -2.33. The molecule has 0 bridgehead atoms. The van der Waals surface area contributed by atoms with Crippen LogP contribution in [0.5, 0.6) is 0 Å². The van der Waals surface area contributed by atoms with Crippen LogP contribution in [-0.2, 0) is 22.6 Å². The fourth-order valence-corrected chi connectivity index (χ4v) is 3.79. The van der Waals surface area contributed by atoms with Crippen LogP contribution in [0.3, 0.4) is 0 Å². The molecule has 0 saturated carbocycles. The Labute approximate surface area is 166 Å². The van der Waals surface area contributed by atoms with Crippen LogP contribution in [0, 0.1) is 0 Å². The summed E-state index contributed by atoms with van der Waals surface area (Å²) in [6, 6.07) is 17.1. The zero-order valence-electron chi connectivity index (χ0n) is 16.8. The fourth-order valence-electron chi connectivity index (χ4n) is 3.79. The molecule has 1 aliphatic heterocycles. The second-order valence-corrected chi connectivity index (χ2v) is 7.43. The summed E-state index contributed by atoms with van der Waals surface area (Å²) >= 11 is 0. The number of hydrogen-bond acceptors (Lipinski definition) is 3. The molecule has 2 amide bonds. The summed E-state index contributed by atoms with van der Waals surface area (Å²) in [6.07, 6.45) is 1.02. The van der Waals surface area contributed by atoms with Crippen molar-refractivity contribution < 1.29 is 14.5 Å². The molecule has 3 rings (SSSR count). The van der Waals surface area contributed by atoms with Gasteiger partial charge in [-0.25, -0.2) is 0 Å². The van der Waals surface area contributed by atoms with E-state index in [-0.39, 0.29) is 6.04 Å². The van der Waals surface area contributed by atoms with E-state index in [0.29, 0.717) is 6.54 Å². The van der Waals surface area contributed by atoms with Gasteiger partial charge >= 0.3 is 11.8 Å². The lowest BCUT2D eigenvalue weighted by Crippen LogP contribution is -3.12. The summed E-state index contributed by atoms with van der Waals surface area (Å²) in [4.78, 5) is 27.0. The molecule has 0 aliphatic carbocycles. The molecule has 2 aromatic carbocycles. The van der Waals surface area contributed by atoms with Crippen molar-refractivity contribution in [3.8, 4) is 0 Å². The van der Waals surface area contributed by atoms with Crippen molar-refractivity contribution in [3.05, 3.63) is 65.2 Å². The predicted molar refractivity (Wildman–Crippen MR) is 110 cm³/mol. The topological polar surface area (TPSA) is 65.9 Å². The summed E-state index contributed by atoms with van der Waals surface area (Å²) < 4.78 is 0. The maximum absolute atomic E-state index is 12.0. The zero-order valence-corrected chi connectivity index (χ0v) is 16.8. The Hall–Kier alpha value is -2.86. The van der Waals surface area contributed by atoms with Gasteiger partial charge in [0.1, 0.15) is 12.6 Å². The van der Waals surface area contributed by atoms with Crippen LogP contribution in [0.4, 0.5) is 5.69 Å². The number of amides is 2. The van der Waals surface area contributed by atoms with Gasteiger partial charge in [-0.3, -0.25) is 9.59 Å². The van der Waals surface area contributed by atoms with E-state index in [1.165, 1.54) is 23.1 Å². The number of carbonyl (C=O) groups is 2. The van der Waals surface area contributed by atoms with E-state index in [1.54, 1.807) is 0 Å². The maximum Gasteiger partial charge on any atom is 0.309 e. The SMILES string of the molecule is CNC(=O)C(=O)NC[C@@H](c1ccc(N(C)C)cc1)[NH+]1CCc2ccccc2C1. The van der Waals surface area contributed by atoms with Crippen LogP contribution in [0.25, 0.3) is 0 Å². The minimum Gasteiger partial charge on any atom is -0.378 e. The van der Waals surface area contributed by atoms with Crippen LogP contribution in [0.1, 0.15) is 22.7 Å². The van der Waals surface area contributed by atoms with Gasteiger partial charge in [-0.2, -0.15) is 0 Å². The van der Waals surface area contributed by atoms with Crippen LogP contribution < -0.4 is 20.4 Å². The zero-order chi connectivity index (χ0) is 20.1. The number of quaternary nitrogens is 1. The first kappa shape index (κ1) is 19.9. The highest BCUT2D eigenvalue weighted by atomic mass is 16.2. The first-order valence-corrected chi connectivity index (χ1v) is 9.68. The van der Waals surface area contributed by atoms with Crippen molar-refractivity contribution in [2.45, 2.75) is 19.0 Å². The Morgan fingerprint density at radius 3 is 2.36 bits per heavy atom.